The predicted molar refractivity (Wildman–Crippen MR) is 154 cm³/mol. The smallest absolute Gasteiger partial charge is 0.328 e. The fourth-order valence-corrected chi connectivity index (χ4v) is 5.42. The molecule has 1 saturated heterocycles. The molecule has 1 fully saturated rings. The van der Waals surface area contributed by atoms with Crippen molar-refractivity contribution >= 4 is 41.3 Å². The first-order chi connectivity index (χ1) is 20.8. The number of hydrogen-bond acceptors (Lipinski definition) is 10. The highest BCUT2D eigenvalue weighted by atomic mass is 32.2. The van der Waals surface area contributed by atoms with Crippen LogP contribution in [0.1, 0.15) is 17.2 Å². The molecular weight excluding hydrogens is 605 g/mol. The van der Waals surface area contributed by atoms with Crippen molar-refractivity contribution in [2.75, 3.05) is 39.3 Å². The third-order valence-electron chi connectivity index (χ3n) is 6.23. The molecule has 236 valence electrons. The number of nitro groups is 1. The molecule has 2 aromatic carbocycles. The van der Waals surface area contributed by atoms with E-state index in [1.807, 2.05) is 6.07 Å². The van der Waals surface area contributed by atoms with Crippen LogP contribution in [0, 0.1) is 15.9 Å². The van der Waals surface area contributed by atoms with Crippen LogP contribution in [-0.2, 0) is 25.6 Å². The Morgan fingerprint density at radius 1 is 0.864 bits per heavy atom. The van der Waals surface area contributed by atoms with E-state index in [1.165, 1.54) is 23.9 Å². The van der Waals surface area contributed by atoms with Crippen LogP contribution in [-0.4, -0.2) is 103 Å². The molecule has 1 unspecified atom stereocenters. The minimum Gasteiger partial charge on any atom is -0.478 e. The highest BCUT2D eigenvalue weighted by molar-refractivity contribution is 7.99. The van der Waals surface area contributed by atoms with Gasteiger partial charge in [-0.3, -0.25) is 19.9 Å². The van der Waals surface area contributed by atoms with Crippen molar-refractivity contribution in [3.8, 4) is 0 Å². The molecule has 0 aromatic heterocycles. The van der Waals surface area contributed by atoms with Crippen LogP contribution >= 0.6 is 11.8 Å². The standard InChI is InChI=1S/C20H22FN3O3S.2C4H4O4/c21-15-2-1-14-11-18(23-7-5-22(6-8-23)9-10-25)17-13-16(24(26)27)3-4-19(17)28-20(14)12-15;2*5-3(6)1-2-4(7)8/h1-4,12-13,18,25H,5-11H2;2*1-2H,(H,5,6)(H,7,8)/b;2*2-1+. The van der Waals surface area contributed by atoms with Gasteiger partial charge in [0.05, 0.1) is 11.5 Å². The number of carboxylic acids is 4. The average molecular weight is 636 g/mol. The summed E-state index contributed by atoms with van der Waals surface area (Å²) in [6.45, 7) is 4.17. The zero-order valence-electron chi connectivity index (χ0n) is 23.1. The van der Waals surface area contributed by atoms with E-state index in [2.05, 4.69) is 9.80 Å². The molecular formula is C28H30FN3O11S. The zero-order valence-corrected chi connectivity index (χ0v) is 23.9. The number of carboxylic acid groups (broad SMARTS) is 4. The summed E-state index contributed by atoms with van der Waals surface area (Å²) in [4.78, 5) is 55.6. The Hall–Kier alpha value is -4.64. The lowest BCUT2D eigenvalue weighted by atomic mass is 9.96. The maximum absolute atomic E-state index is 13.8. The number of aliphatic hydroxyl groups excluding tert-OH is 1. The molecule has 1 atom stereocenters. The van der Waals surface area contributed by atoms with Crippen molar-refractivity contribution in [3.05, 3.63) is 87.8 Å². The first-order valence-corrected chi connectivity index (χ1v) is 13.7. The summed E-state index contributed by atoms with van der Waals surface area (Å²) >= 11 is 1.48. The Balaban J connectivity index is 0.000000349. The van der Waals surface area contributed by atoms with Crippen LogP contribution in [0.4, 0.5) is 10.1 Å². The Morgan fingerprint density at radius 2 is 1.41 bits per heavy atom. The maximum Gasteiger partial charge on any atom is 0.328 e. The van der Waals surface area contributed by atoms with Gasteiger partial charge in [-0.2, -0.15) is 0 Å². The van der Waals surface area contributed by atoms with Crippen LogP contribution in [0.5, 0.6) is 0 Å². The Kier molecular flexibility index (Phi) is 14.1. The normalized spacial score (nSPS) is 16.4. The van der Waals surface area contributed by atoms with Gasteiger partial charge in [-0.05, 0) is 35.7 Å². The number of carbonyl (C=O) groups is 4. The van der Waals surface area contributed by atoms with Gasteiger partial charge in [0, 0.05) is 85.0 Å². The molecule has 0 bridgehead atoms. The van der Waals surface area contributed by atoms with E-state index in [9.17, 15) is 33.7 Å². The van der Waals surface area contributed by atoms with Crippen molar-refractivity contribution in [2.45, 2.75) is 22.3 Å². The minimum atomic E-state index is -1.26. The van der Waals surface area contributed by atoms with Crippen LogP contribution < -0.4 is 0 Å². The second-order valence-corrected chi connectivity index (χ2v) is 10.3. The van der Waals surface area contributed by atoms with Gasteiger partial charge in [0.25, 0.3) is 5.69 Å². The van der Waals surface area contributed by atoms with Crippen molar-refractivity contribution in [3.63, 3.8) is 0 Å². The van der Waals surface area contributed by atoms with Crippen molar-refractivity contribution in [2.24, 2.45) is 0 Å². The number of fused-ring (bicyclic) bond motifs is 2. The fourth-order valence-electron chi connectivity index (χ4n) is 4.28. The monoisotopic (exact) mass is 635 g/mol. The first kappa shape index (κ1) is 35.6. The topological polar surface area (TPSA) is 219 Å². The predicted octanol–water partition coefficient (Wildman–Crippen LogP) is 2.52. The molecule has 2 aliphatic rings. The van der Waals surface area contributed by atoms with Gasteiger partial charge in [0.1, 0.15) is 5.82 Å². The summed E-state index contributed by atoms with van der Waals surface area (Å²) in [7, 11) is 0. The van der Waals surface area contributed by atoms with Gasteiger partial charge < -0.3 is 25.5 Å². The number of piperazine rings is 1. The van der Waals surface area contributed by atoms with E-state index in [1.54, 1.807) is 18.2 Å². The Labute approximate surface area is 254 Å². The summed E-state index contributed by atoms with van der Waals surface area (Å²) in [5.41, 5.74) is 2.08. The molecule has 2 aromatic rings. The SMILES string of the molecule is O=C(O)/C=C/C(=O)O.O=C(O)/C=C/C(=O)O.O=[N+]([O-])c1ccc2c(c1)C(N1CCN(CCO)CC1)Cc1ccc(F)cc1S2. The van der Waals surface area contributed by atoms with Crippen LogP contribution in [0.2, 0.25) is 0 Å². The van der Waals surface area contributed by atoms with Gasteiger partial charge in [0.2, 0.25) is 0 Å². The third kappa shape index (κ3) is 11.9. The lowest BCUT2D eigenvalue weighted by Gasteiger charge is -2.39. The minimum absolute atomic E-state index is 0.00499. The third-order valence-corrected chi connectivity index (χ3v) is 7.42. The number of aliphatic carboxylic acids is 4. The largest absolute Gasteiger partial charge is 0.478 e. The van der Waals surface area contributed by atoms with Crippen molar-refractivity contribution in [1.82, 2.24) is 9.80 Å². The van der Waals surface area contributed by atoms with E-state index in [-0.39, 0.29) is 29.1 Å². The van der Waals surface area contributed by atoms with E-state index >= 15 is 0 Å². The second kappa shape index (κ2) is 17.5. The number of β-amino-alcohol motifs (C(OH)–C–C–N with tert-alkyl or cyclic N) is 1. The molecule has 16 heteroatoms. The first-order valence-electron chi connectivity index (χ1n) is 12.9. The quantitative estimate of drug-likeness (QED) is 0.160. The molecule has 0 saturated carbocycles. The number of rotatable bonds is 8. The van der Waals surface area contributed by atoms with Crippen molar-refractivity contribution in [1.29, 1.82) is 0 Å². The van der Waals surface area contributed by atoms with E-state index in [4.69, 9.17) is 25.5 Å². The summed E-state index contributed by atoms with van der Waals surface area (Å²) in [6, 6.07) is 9.84. The Morgan fingerprint density at radius 3 is 1.89 bits per heavy atom. The number of hydrogen-bond donors (Lipinski definition) is 5. The van der Waals surface area contributed by atoms with Gasteiger partial charge in [-0.1, -0.05) is 17.8 Å². The fraction of sp³-hybridized carbons (Fsp3) is 0.286. The zero-order chi connectivity index (χ0) is 32.8. The molecule has 2 aliphatic heterocycles. The Bertz CT molecular complexity index is 1360. The number of non-ortho nitro benzene ring substituents is 1. The molecule has 14 nitrogen and oxygen atoms in total. The van der Waals surface area contributed by atoms with Gasteiger partial charge in [-0.15, -0.1) is 0 Å². The maximum atomic E-state index is 13.8. The molecule has 0 spiro atoms. The summed E-state index contributed by atoms with van der Waals surface area (Å²) in [5, 5.41) is 51.7. The number of benzene rings is 2. The molecule has 0 aliphatic carbocycles. The highest BCUT2D eigenvalue weighted by Gasteiger charge is 2.31. The highest BCUT2D eigenvalue weighted by Crippen LogP contribution is 2.44. The molecule has 0 radical (unpaired) electrons. The number of nitrogens with zero attached hydrogens (tertiary/aromatic N) is 3. The van der Waals surface area contributed by atoms with E-state index in [0.29, 0.717) is 37.3 Å². The molecule has 0 amide bonds. The summed E-state index contributed by atoms with van der Waals surface area (Å²) in [6.07, 6.45) is 2.92. The summed E-state index contributed by atoms with van der Waals surface area (Å²) in [5.74, 6) is -5.30. The number of nitro benzene ring substituents is 1. The van der Waals surface area contributed by atoms with Crippen LogP contribution in [0.25, 0.3) is 0 Å². The number of aliphatic hydroxyl groups is 1. The van der Waals surface area contributed by atoms with Gasteiger partial charge in [0.15, 0.2) is 0 Å². The molecule has 5 N–H and O–H groups in total. The molecule has 4 rings (SSSR count). The van der Waals surface area contributed by atoms with Gasteiger partial charge in [-0.25, -0.2) is 23.6 Å². The lowest BCUT2D eigenvalue weighted by Crippen LogP contribution is -2.48. The van der Waals surface area contributed by atoms with Crippen molar-refractivity contribution < 1.29 is 54.0 Å². The summed E-state index contributed by atoms with van der Waals surface area (Å²) < 4.78 is 13.8. The van der Waals surface area contributed by atoms with Gasteiger partial charge >= 0.3 is 23.9 Å². The molecule has 2 heterocycles. The number of halogens is 1. The van der Waals surface area contributed by atoms with Crippen LogP contribution in [0.15, 0.2) is 70.5 Å². The molecule has 44 heavy (non-hydrogen) atoms. The lowest BCUT2D eigenvalue weighted by molar-refractivity contribution is -0.385. The van der Waals surface area contributed by atoms with E-state index < -0.39 is 23.9 Å². The van der Waals surface area contributed by atoms with E-state index in [0.717, 1.165) is 47.1 Å². The second-order valence-electron chi connectivity index (χ2n) is 9.17. The average Bonchev–Trinajstić information content (AvgIpc) is 3.12. The van der Waals surface area contributed by atoms with Crippen LogP contribution in [0.3, 0.4) is 0 Å².